The molecule has 1 N–H and O–H groups in total. The molecular formula is C16H25FN2O. The van der Waals surface area contributed by atoms with Crippen LogP contribution in [0.15, 0.2) is 24.3 Å². The van der Waals surface area contributed by atoms with Gasteiger partial charge in [-0.2, -0.15) is 0 Å². The summed E-state index contributed by atoms with van der Waals surface area (Å²) in [6, 6.07) is 6.86. The fourth-order valence-corrected chi connectivity index (χ4v) is 2.79. The number of likely N-dealkylation sites (tertiary alicyclic amines) is 1. The van der Waals surface area contributed by atoms with Gasteiger partial charge in [-0.15, -0.1) is 0 Å². The number of nitrogens with zero attached hydrogens (tertiary/aromatic N) is 1. The van der Waals surface area contributed by atoms with Crippen molar-refractivity contribution in [2.24, 2.45) is 5.92 Å². The van der Waals surface area contributed by atoms with E-state index in [1.165, 1.54) is 18.4 Å². The molecule has 1 aliphatic rings. The summed E-state index contributed by atoms with van der Waals surface area (Å²) >= 11 is 0. The molecule has 1 saturated heterocycles. The minimum atomic E-state index is -0.160. The Morgan fingerprint density at radius 2 is 2.15 bits per heavy atom. The lowest BCUT2D eigenvalue weighted by molar-refractivity contribution is 0.159. The smallest absolute Gasteiger partial charge is 0.123 e. The minimum absolute atomic E-state index is 0.160. The van der Waals surface area contributed by atoms with Crippen LogP contribution in [0.2, 0.25) is 0 Å². The molecule has 3 nitrogen and oxygen atoms in total. The highest BCUT2D eigenvalue weighted by Gasteiger charge is 2.19. The molecule has 1 aliphatic heterocycles. The lowest BCUT2D eigenvalue weighted by Gasteiger charge is -2.33. The first-order chi connectivity index (χ1) is 9.78. The van der Waals surface area contributed by atoms with Gasteiger partial charge in [0.1, 0.15) is 5.82 Å². The molecular weight excluding hydrogens is 255 g/mol. The monoisotopic (exact) mass is 280 g/mol. The molecule has 112 valence electrons. The molecule has 1 fully saturated rings. The van der Waals surface area contributed by atoms with Crippen LogP contribution in [-0.2, 0) is 11.3 Å². The first-order valence-corrected chi connectivity index (χ1v) is 7.44. The Hall–Kier alpha value is -0.970. The Morgan fingerprint density at radius 1 is 1.35 bits per heavy atom. The highest BCUT2D eigenvalue weighted by atomic mass is 19.1. The number of nitrogens with one attached hydrogen (secondary N) is 1. The largest absolute Gasteiger partial charge is 0.383 e. The van der Waals surface area contributed by atoms with Crippen LogP contribution in [0.4, 0.5) is 4.39 Å². The minimum Gasteiger partial charge on any atom is -0.383 e. The maximum absolute atomic E-state index is 12.9. The molecule has 20 heavy (non-hydrogen) atoms. The summed E-state index contributed by atoms with van der Waals surface area (Å²) in [6.45, 7) is 5.94. The Balaban J connectivity index is 1.74. The number of hydrogen-bond donors (Lipinski definition) is 1. The number of hydrogen-bond acceptors (Lipinski definition) is 3. The van der Waals surface area contributed by atoms with Gasteiger partial charge in [-0.05, 0) is 49.5 Å². The van der Waals surface area contributed by atoms with E-state index < -0.39 is 0 Å². The van der Waals surface area contributed by atoms with Crippen LogP contribution in [0, 0.1) is 11.7 Å². The molecule has 1 atom stereocenters. The fraction of sp³-hybridized carbons (Fsp3) is 0.625. The van der Waals surface area contributed by atoms with Gasteiger partial charge in [0.25, 0.3) is 0 Å². The highest BCUT2D eigenvalue weighted by molar-refractivity contribution is 5.15. The first kappa shape index (κ1) is 15.4. The topological polar surface area (TPSA) is 24.5 Å². The normalized spacial score (nSPS) is 20.2. The van der Waals surface area contributed by atoms with Crippen molar-refractivity contribution in [3.05, 3.63) is 35.6 Å². The zero-order valence-electron chi connectivity index (χ0n) is 12.3. The molecule has 4 heteroatoms. The molecule has 0 amide bonds. The van der Waals surface area contributed by atoms with Crippen LogP contribution in [-0.4, -0.2) is 44.8 Å². The van der Waals surface area contributed by atoms with Crippen LogP contribution >= 0.6 is 0 Å². The van der Waals surface area contributed by atoms with Gasteiger partial charge in [0, 0.05) is 26.7 Å². The average molecular weight is 280 g/mol. The second-order valence-corrected chi connectivity index (χ2v) is 5.57. The van der Waals surface area contributed by atoms with Gasteiger partial charge >= 0.3 is 0 Å². The van der Waals surface area contributed by atoms with Crippen molar-refractivity contribution >= 4 is 0 Å². The number of ether oxygens (including phenoxy) is 1. The van der Waals surface area contributed by atoms with Crippen molar-refractivity contribution in [3.63, 3.8) is 0 Å². The number of piperidine rings is 1. The van der Waals surface area contributed by atoms with Crippen molar-refractivity contribution in [2.45, 2.75) is 19.4 Å². The van der Waals surface area contributed by atoms with Gasteiger partial charge in [-0.25, -0.2) is 4.39 Å². The van der Waals surface area contributed by atoms with E-state index in [0.717, 1.165) is 39.3 Å². The number of halogens is 1. The SMILES string of the molecule is COCCNCC1CCCN(Cc2ccc(F)cc2)C1. The molecule has 0 bridgehead atoms. The first-order valence-electron chi connectivity index (χ1n) is 7.44. The van der Waals surface area contributed by atoms with Crippen LogP contribution in [0.3, 0.4) is 0 Å². The van der Waals surface area contributed by atoms with Crippen LogP contribution in [0.1, 0.15) is 18.4 Å². The van der Waals surface area contributed by atoms with Gasteiger partial charge in [0.05, 0.1) is 6.61 Å². The predicted octanol–water partition coefficient (Wildman–Crippen LogP) is 2.27. The third kappa shape index (κ3) is 5.19. The second kappa shape index (κ2) is 8.35. The van der Waals surface area contributed by atoms with Crippen LogP contribution in [0.5, 0.6) is 0 Å². The van der Waals surface area contributed by atoms with Gasteiger partial charge in [-0.1, -0.05) is 12.1 Å². The zero-order valence-corrected chi connectivity index (χ0v) is 12.3. The standard InChI is InChI=1S/C16H25FN2O/c1-20-10-8-18-11-15-3-2-9-19(13-15)12-14-4-6-16(17)7-5-14/h4-7,15,18H,2-3,8-13H2,1H3. The lowest BCUT2D eigenvalue weighted by atomic mass is 9.97. The van der Waals surface area contributed by atoms with Crippen LogP contribution in [0.25, 0.3) is 0 Å². The molecule has 2 rings (SSSR count). The van der Waals surface area contributed by atoms with Crippen LogP contribution < -0.4 is 5.32 Å². The van der Waals surface area contributed by atoms with Crippen molar-refractivity contribution in [2.75, 3.05) is 39.9 Å². The van der Waals surface area contributed by atoms with E-state index in [-0.39, 0.29) is 5.82 Å². The molecule has 1 unspecified atom stereocenters. The highest BCUT2D eigenvalue weighted by Crippen LogP contribution is 2.18. The predicted molar refractivity (Wildman–Crippen MR) is 79.1 cm³/mol. The molecule has 0 aliphatic carbocycles. The Kier molecular flexibility index (Phi) is 6.43. The molecule has 0 spiro atoms. The molecule has 1 aromatic rings. The zero-order chi connectivity index (χ0) is 14.2. The Morgan fingerprint density at radius 3 is 2.90 bits per heavy atom. The summed E-state index contributed by atoms with van der Waals surface area (Å²) < 4.78 is 17.9. The summed E-state index contributed by atoms with van der Waals surface area (Å²) in [5.41, 5.74) is 1.19. The van der Waals surface area contributed by atoms with E-state index in [1.54, 1.807) is 19.2 Å². The van der Waals surface area contributed by atoms with E-state index in [0.29, 0.717) is 5.92 Å². The van der Waals surface area contributed by atoms with E-state index in [2.05, 4.69) is 10.2 Å². The lowest BCUT2D eigenvalue weighted by Crippen LogP contribution is -2.39. The second-order valence-electron chi connectivity index (χ2n) is 5.57. The maximum atomic E-state index is 12.9. The van der Waals surface area contributed by atoms with E-state index in [4.69, 9.17) is 4.74 Å². The number of benzene rings is 1. The summed E-state index contributed by atoms with van der Waals surface area (Å²) in [6.07, 6.45) is 2.54. The van der Waals surface area contributed by atoms with Gasteiger partial charge in [-0.3, -0.25) is 4.90 Å². The molecule has 0 aromatic heterocycles. The van der Waals surface area contributed by atoms with E-state index in [1.807, 2.05) is 12.1 Å². The van der Waals surface area contributed by atoms with E-state index in [9.17, 15) is 4.39 Å². The molecule has 1 heterocycles. The van der Waals surface area contributed by atoms with E-state index >= 15 is 0 Å². The average Bonchev–Trinajstić information content (AvgIpc) is 2.47. The third-order valence-corrected chi connectivity index (χ3v) is 3.84. The summed E-state index contributed by atoms with van der Waals surface area (Å²) in [5, 5.41) is 3.45. The third-order valence-electron chi connectivity index (χ3n) is 3.84. The van der Waals surface area contributed by atoms with Crippen molar-refractivity contribution in [1.29, 1.82) is 0 Å². The van der Waals surface area contributed by atoms with Gasteiger partial charge in [0.15, 0.2) is 0 Å². The van der Waals surface area contributed by atoms with Crippen molar-refractivity contribution < 1.29 is 9.13 Å². The fourth-order valence-electron chi connectivity index (χ4n) is 2.79. The maximum Gasteiger partial charge on any atom is 0.123 e. The van der Waals surface area contributed by atoms with Gasteiger partial charge in [0.2, 0.25) is 0 Å². The molecule has 1 aromatic carbocycles. The summed E-state index contributed by atoms with van der Waals surface area (Å²) in [5.74, 6) is 0.550. The number of rotatable bonds is 7. The van der Waals surface area contributed by atoms with Crippen molar-refractivity contribution in [3.8, 4) is 0 Å². The van der Waals surface area contributed by atoms with Crippen molar-refractivity contribution in [1.82, 2.24) is 10.2 Å². The Bertz CT molecular complexity index is 383. The summed E-state index contributed by atoms with van der Waals surface area (Å²) in [4.78, 5) is 2.47. The molecule has 0 saturated carbocycles. The molecule has 0 radical (unpaired) electrons. The number of methoxy groups -OCH3 is 1. The quantitative estimate of drug-likeness (QED) is 0.776. The Labute approximate surface area is 121 Å². The summed E-state index contributed by atoms with van der Waals surface area (Å²) in [7, 11) is 1.73. The van der Waals surface area contributed by atoms with Gasteiger partial charge < -0.3 is 10.1 Å².